The molecule has 0 amide bonds. The molecule has 2 aromatic rings. The molecular weight excluding hydrogens is 233 g/mol. The van der Waals surface area contributed by atoms with E-state index in [9.17, 15) is 4.39 Å². The zero-order valence-corrected chi connectivity index (χ0v) is 9.20. The average molecular weight is 242 g/mol. The fourth-order valence-corrected chi connectivity index (χ4v) is 1.45. The van der Waals surface area contributed by atoms with Crippen LogP contribution in [-0.2, 0) is 0 Å². The van der Waals surface area contributed by atoms with Gasteiger partial charge in [-0.3, -0.25) is 0 Å². The lowest BCUT2D eigenvalue weighted by atomic mass is 10.2. The molecule has 2 N–H and O–H groups in total. The number of hydrogen-bond donors (Lipinski definition) is 1. The summed E-state index contributed by atoms with van der Waals surface area (Å²) in [6.07, 6.45) is 0. The third-order valence-electron chi connectivity index (χ3n) is 2.00. The third kappa shape index (κ3) is 2.05. The van der Waals surface area contributed by atoms with Gasteiger partial charge in [0.05, 0.1) is 11.1 Å². The molecule has 0 fully saturated rings. The average Bonchev–Trinajstić information content (AvgIpc) is 2.66. The summed E-state index contributed by atoms with van der Waals surface area (Å²) in [5, 5.41) is 3.96. The molecule has 0 radical (unpaired) electrons. The molecule has 1 heterocycles. The number of rotatable bonds is 2. The predicted molar refractivity (Wildman–Crippen MR) is 57.3 cm³/mol. The van der Waals surface area contributed by atoms with Gasteiger partial charge in [0, 0.05) is 5.56 Å². The van der Waals surface area contributed by atoms with Crippen LogP contribution in [-0.4, -0.2) is 10.1 Å². The minimum atomic E-state index is -0.412. The van der Waals surface area contributed by atoms with E-state index in [-0.39, 0.29) is 11.1 Å². The Labute approximate surface area is 96.2 Å². The molecule has 1 atom stereocenters. The molecular formula is C10H9ClFN3O. The Balaban J connectivity index is 2.42. The van der Waals surface area contributed by atoms with Crippen molar-refractivity contribution in [1.29, 1.82) is 0 Å². The van der Waals surface area contributed by atoms with Crippen LogP contribution < -0.4 is 5.73 Å². The molecule has 0 bridgehead atoms. The van der Waals surface area contributed by atoms with Gasteiger partial charge in [-0.15, -0.1) is 0 Å². The lowest BCUT2D eigenvalue weighted by Crippen LogP contribution is -2.04. The van der Waals surface area contributed by atoms with Crippen molar-refractivity contribution in [3.05, 3.63) is 34.9 Å². The molecule has 0 saturated carbocycles. The summed E-state index contributed by atoms with van der Waals surface area (Å²) in [7, 11) is 0. The second kappa shape index (κ2) is 4.19. The highest BCUT2D eigenvalue weighted by Gasteiger charge is 2.14. The Bertz CT molecular complexity index is 513. The first-order valence-electron chi connectivity index (χ1n) is 4.62. The molecule has 0 saturated heterocycles. The van der Waals surface area contributed by atoms with E-state index in [0.29, 0.717) is 17.3 Å². The van der Waals surface area contributed by atoms with E-state index in [1.54, 1.807) is 6.92 Å². The molecule has 16 heavy (non-hydrogen) atoms. The fraction of sp³-hybridized carbons (Fsp3) is 0.200. The largest absolute Gasteiger partial charge is 0.337 e. The van der Waals surface area contributed by atoms with Gasteiger partial charge in [-0.2, -0.15) is 4.98 Å². The Morgan fingerprint density at radius 3 is 2.81 bits per heavy atom. The van der Waals surface area contributed by atoms with Crippen LogP contribution in [0, 0.1) is 5.82 Å². The molecule has 0 aliphatic rings. The van der Waals surface area contributed by atoms with E-state index in [1.807, 2.05) is 0 Å². The van der Waals surface area contributed by atoms with Gasteiger partial charge in [-0.05, 0) is 25.1 Å². The highest BCUT2D eigenvalue weighted by Crippen LogP contribution is 2.26. The lowest BCUT2D eigenvalue weighted by Gasteiger charge is -1.98. The quantitative estimate of drug-likeness (QED) is 0.878. The predicted octanol–water partition coefficient (Wildman–Crippen LogP) is 2.55. The van der Waals surface area contributed by atoms with E-state index < -0.39 is 5.82 Å². The van der Waals surface area contributed by atoms with Crippen molar-refractivity contribution in [3.63, 3.8) is 0 Å². The Kier molecular flexibility index (Phi) is 2.89. The second-order valence-electron chi connectivity index (χ2n) is 3.37. The standard InChI is InChI=1S/C10H9ClFN3O/c1-5(13)10-14-9(15-16-10)7-3-2-6(12)4-8(7)11/h2-5H,13H2,1H3/t5-/m1/s1. The van der Waals surface area contributed by atoms with Crippen LogP contribution in [0.15, 0.2) is 22.7 Å². The number of benzene rings is 1. The minimum Gasteiger partial charge on any atom is -0.337 e. The summed E-state index contributed by atoms with van der Waals surface area (Å²) >= 11 is 5.86. The zero-order chi connectivity index (χ0) is 11.7. The van der Waals surface area contributed by atoms with Crippen LogP contribution in [0.1, 0.15) is 18.9 Å². The molecule has 0 aliphatic heterocycles. The molecule has 1 aromatic carbocycles. The van der Waals surface area contributed by atoms with Crippen molar-refractivity contribution in [1.82, 2.24) is 10.1 Å². The summed E-state index contributed by atoms with van der Waals surface area (Å²) in [6.45, 7) is 1.73. The summed E-state index contributed by atoms with van der Waals surface area (Å²) in [5.41, 5.74) is 6.09. The fourth-order valence-electron chi connectivity index (χ4n) is 1.20. The second-order valence-corrected chi connectivity index (χ2v) is 3.78. The van der Waals surface area contributed by atoms with Crippen LogP contribution >= 0.6 is 11.6 Å². The third-order valence-corrected chi connectivity index (χ3v) is 2.32. The van der Waals surface area contributed by atoms with Crippen LogP contribution in [0.25, 0.3) is 11.4 Å². The van der Waals surface area contributed by atoms with Crippen molar-refractivity contribution < 1.29 is 8.91 Å². The molecule has 0 unspecified atom stereocenters. The Morgan fingerprint density at radius 1 is 1.50 bits per heavy atom. The number of aromatic nitrogens is 2. The van der Waals surface area contributed by atoms with Gasteiger partial charge in [-0.25, -0.2) is 4.39 Å². The van der Waals surface area contributed by atoms with E-state index in [0.717, 1.165) is 0 Å². The molecule has 6 heteroatoms. The number of halogens is 2. The first-order chi connectivity index (χ1) is 7.58. The lowest BCUT2D eigenvalue weighted by molar-refractivity contribution is 0.362. The van der Waals surface area contributed by atoms with Gasteiger partial charge in [0.25, 0.3) is 0 Å². The van der Waals surface area contributed by atoms with Gasteiger partial charge in [-0.1, -0.05) is 16.8 Å². The van der Waals surface area contributed by atoms with Gasteiger partial charge in [0.1, 0.15) is 5.82 Å². The summed E-state index contributed by atoms with van der Waals surface area (Å²) in [6, 6.07) is 3.62. The Hall–Kier alpha value is -1.46. The van der Waals surface area contributed by atoms with Crippen molar-refractivity contribution in [2.75, 3.05) is 0 Å². The maximum Gasteiger partial charge on any atom is 0.243 e. The van der Waals surface area contributed by atoms with E-state index in [2.05, 4.69) is 10.1 Å². The first-order valence-corrected chi connectivity index (χ1v) is 5.00. The minimum absolute atomic E-state index is 0.233. The monoisotopic (exact) mass is 241 g/mol. The zero-order valence-electron chi connectivity index (χ0n) is 8.45. The summed E-state index contributed by atoms with van der Waals surface area (Å²) in [4.78, 5) is 4.06. The first kappa shape index (κ1) is 11.0. The van der Waals surface area contributed by atoms with Crippen molar-refractivity contribution in [3.8, 4) is 11.4 Å². The maximum atomic E-state index is 12.8. The van der Waals surface area contributed by atoms with Crippen LogP contribution in [0.2, 0.25) is 5.02 Å². The molecule has 4 nitrogen and oxygen atoms in total. The van der Waals surface area contributed by atoms with Crippen molar-refractivity contribution in [2.45, 2.75) is 13.0 Å². The highest BCUT2D eigenvalue weighted by molar-refractivity contribution is 6.33. The van der Waals surface area contributed by atoms with Crippen molar-refractivity contribution >= 4 is 11.6 Å². The van der Waals surface area contributed by atoms with Crippen molar-refractivity contribution in [2.24, 2.45) is 5.73 Å². The normalized spacial score (nSPS) is 12.8. The smallest absolute Gasteiger partial charge is 0.243 e. The number of nitrogens with zero attached hydrogens (tertiary/aromatic N) is 2. The molecule has 0 aliphatic carbocycles. The van der Waals surface area contributed by atoms with Gasteiger partial charge < -0.3 is 10.3 Å². The maximum absolute atomic E-state index is 12.8. The molecule has 2 rings (SSSR count). The van der Waals surface area contributed by atoms with Crippen LogP contribution in [0.5, 0.6) is 0 Å². The SMILES string of the molecule is C[C@@H](N)c1nc(-c2ccc(F)cc2Cl)no1. The van der Waals surface area contributed by atoms with Gasteiger partial charge in [0.15, 0.2) is 0 Å². The van der Waals surface area contributed by atoms with E-state index >= 15 is 0 Å². The summed E-state index contributed by atoms with van der Waals surface area (Å²) < 4.78 is 17.8. The Morgan fingerprint density at radius 2 is 2.25 bits per heavy atom. The summed E-state index contributed by atoms with van der Waals surface area (Å²) in [5.74, 6) is 0.206. The van der Waals surface area contributed by atoms with E-state index in [1.165, 1.54) is 18.2 Å². The number of hydrogen-bond acceptors (Lipinski definition) is 4. The van der Waals surface area contributed by atoms with Gasteiger partial charge in [0.2, 0.25) is 11.7 Å². The van der Waals surface area contributed by atoms with Crippen LogP contribution in [0.4, 0.5) is 4.39 Å². The number of nitrogens with two attached hydrogens (primary N) is 1. The highest BCUT2D eigenvalue weighted by atomic mass is 35.5. The van der Waals surface area contributed by atoms with E-state index in [4.69, 9.17) is 21.9 Å². The molecule has 1 aromatic heterocycles. The molecule has 0 spiro atoms. The van der Waals surface area contributed by atoms with Gasteiger partial charge >= 0.3 is 0 Å². The van der Waals surface area contributed by atoms with Crippen LogP contribution in [0.3, 0.4) is 0 Å². The molecule has 84 valence electrons. The topological polar surface area (TPSA) is 64.9 Å².